The largest absolute Gasteiger partial charge is 0.839 e. The van der Waals surface area contributed by atoms with E-state index in [9.17, 15) is 5.11 Å². The molecule has 2 aromatic carbocycles. The smallest absolute Gasteiger partial charge is 0.188 e. The summed E-state index contributed by atoms with van der Waals surface area (Å²) in [6.07, 6.45) is 9.82. The summed E-state index contributed by atoms with van der Waals surface area (Å²) in [5, 5.41) is 14.6. The van der Waals surface area contributed by atoms with Crippen LogP contribution in [0, 0.1) is 11.8 Å². The minimum absolute atomic E-state index is 0.0219. The van der Waals surface area contributed by atoms with E-state index in [0.29, 0.717) is 18.4 Å². The van der Waals surface area contributed by atoms with Crippen LogP contribution < -0.4 is 5.11 Å². The second kappa shape index (κ2) is 10.1. The van der Waals surface area contributed by atoms with E-state index in [1.165, 1.54) is 24.8 Å². The van der Waals surface area contributed by atoms with Crippen LogP contribution in [0.3, 0.4) is 0 Å². The highest BCUT2D eigenvalue weighted by molar-refractivity contribution is 5.29. The molecule has 4 aliphatic rings. The Morgan fingerprint density at radius 2 is 1.61 bits per heavy atom. The Morgan fingerprint density at radius 3 is 2.33 bits per heavy atom. The van der Waals surface area contributed by atoms with Gasteiger partial charge in [0.05, 0.1) is 25.9 Å². The third kappa shape index (κ3) is 4.65. The number of hydrogen-bond donors (Lipinski definition) is 0. The molecule has 36 heavy (non-hydrogen) atoms. The van der Waals surface area contributed by atoms with Gasteiger partial charge in [0.2, 0.25) is 0 Å². The molecular formula is C31H38N2O3. The van der Waals surface area contributed by atoms with Crippen molar-refractivity contribution in [3.63, 3.8) is 0 Å². The minimum Gasteiger partial charge on any atom is -0.839 e. The van der Waals surface area contributed by atoms with Crippen molar-refractivity contribution in [3.8, 4) is 0 Å². The van der Waals surface area contributed by atoms with Gasteiger partial charge in [-0.15, -0.1) is 0 Å². The van der Waals surface area contributed by atoms with Crippen LogP contribution in [0.15, 0.2) is 71.3 Å². The summed E-state index contributed by atoms with van der Waals surface area (Å²) in [6, 6.07) is 20.3. The summed E-state index contributed by atoms with van der Waals surface area (Å²) < 4.78 is 13.8. The summed E-state index contributed by atoms with van der Waals surface area (Å²) in [7, 11) is 0. The standard InChI is InChI=1S/C31H38N2O3/c34-31(26-12-6-2-7-13-26,27-14-8-3-9-15-27)30-32-20-28(36-30)21-33-18-16-25(17-19-33)29(22-33)35-23-24-10-4-1-5-11-24/h1-2,4-7,10-13,20,25,27,29H,3,8-9,14-19,21-23H2/t25?,29-,31-,33?/m0/s1. The number of hydrogen-bond acceptors (Lipinski definition) is 4. The van der Waals surface area contributed by atoms with Crippen molar-refractivity contribution >= 4 is 0 Å². The molecule has 0 amide bonds. The van der Waals surface area contributed by atoms with Crippen molar-refractivity contribution in [2.24, 2.45) is 11.8 Å². The zero-order valence-electron chi connectivity index (χ0n) is 21.2. The summed E-state index contributed by atoms with van der Waals surface area (Å²) in [4.78, 5) is 4.66. The Kier molecular flexibility index (Phi) is 6.72. The molecule has 3 aromatic rings. The van der Waals surface area contributed by atoms with Crippen molar-refractivity contribution in [2.45, 2.75) is 69.8 Å². The van der Waals surface area contributed by atoms with Gasteiger partial charge in [0, 0.05) is 18.8 Å². The Morgan fingerprint density at radius 1 is 0.917 bits per heavy atom. The monoisotopic (exact) mass is 486 g/mol. The Balaban J connectivity index is 1.20. The fraction of sp³-hybridized carbons (Fsp3) is 0.516. The normalized spacial score (nSPS) is 28.1. The lowest BCUT2D eigenvalue weighted by molar-refractivity contribution is -0.959. The van der Waals surface area contributed by atoms with Gasteiger partial charge in [-0.25, -0.2) is 4.98 Å². The lowest BCUT2D eigenvalue weighted by atomic mass is 9.73. The van der Waals surface area contributed by atoms with Gasteiger partial charge in [0.25, 0.3) is 0 Å². The molecule has 3 aliphatic heterocycles. The van der Waals surface area contributed by atoms with Gasteiger partial charge < -0.3 is 18.7 Å². The number of ether oxygens (including phenoxy) is 1. The molecule has 0 unspecified atom stereocenters. The molecule has 0 radical (unpaired) electrons. The molecule has 4 fully saturated rings. The van der Waals surface area contributed by atoms with E-state index in [-0.39, 0.29) is 12.0 Å². The summed E-state index contributed by atoms with van der Waals surface area (Å²) in [5.74, 6) is 1.88. The second-order valence-corrected chi connectivity index (χ2v) is 11.4. The SMILES string of the molecule is [O-][C@](c1ccccc1)(c1ncc(C[N+]23CCC(CC2)[C@@H](OCc2ccccc2)C3)o1)C1CCCCC1. The zero-order chi connectivity index (χ0) is 24.4. The number of nitrogens with zero attached hydrogens (tertiary/aromatic N) is 2. The topological polar surface area (TPSA) is 58.3 Å². The third-order valence-corrected chi connectivity index (χ3v) is 9.09. The Labute approximate surface area is 214 Å². The average Bonchev–Trinajstić information content (AvgIpc) is 3.42. The van der Waals surface area contributed by atoms with Crippen molar-refractivity contribution in [1.82, 2.24) is 4.98 Å². The highest BCUT2D eigenvalue weighted by atomic mass is 16.5. The molecule has 2 bridgehead atoms. The van der Waals surface area contributed by atoms with Gasteiger partial charge >= 0.3 is 0 Å². The first-order chi connectivity index (χ1) is 17.6. The second-order valence-electron chi connectivity index (χ2n) is 11.4. The number of rotatable bonds is 8. The van der Waals surface area contributed by atoms with Crippen LogP contribution in [0.5, 0.6) is 0 Å². The van der Waals surface area contributed by atoms with E-state index in [2.05, 4.69) is 29.2 Å². The van der Waals surface area contributed by atoms with E-state index in [1.54, 1.807) is 0 Å². The van der Waals surface area contributed by atoms with E-state index in [4.69, 9.17) is 9.15 Å². The minimum atomic E-state index is -1.42. The van der Waals surface area contributed by atoms with Gasteiger partial charge in [0.15, 0.2) is 11.7 Å². The van der Waals surface area contributed by atoms with Gasteiger partial charge in [-0.1, -0.05) is 92.8 Å². The molecule has 1 saturated carbocycles. The molecule has 190 valence electrons. The number of piperidine rings is 3. The van der Waals surface area contributed by atoms with Crippen LogP contribution in [0.4, 0.5) is 0 Å². The lowest BCUT2D eigenvalue weighted by Crippen LogP contribution is -2.63. The fourth-order valence-corrected chi connectivity index (χ4v) is 7.02. The van der Waals surface area contributed by atoms with Crippen LogP contribution in [0.2, 0.25) is 0 Å². The quantitative estimate of drug-likeness (QED) is 0.412. The van der Waals surface area contributed by atoms with Crippen molar-refractivity contribution in [1.29, 1.82) is 0 Å². The highest BCUT2D eigenvalue weighted by Crippen LogP contribution is 2.42. The molecule has 5 heteroatoms. The van der Waals surface area contributed by atoms with E-state index in [1.807, 2.05) is 42.6 Å². The van der Waals surface area contributed by atoms with Crippen molar-refractivity contribution < 1.29 is 18.7 Å². The molecule has 4 heterocycles. The van der Waals surface area contributed by atoms with Gasteiger partial charge in [-0.05, 0) is 22.6 Å². The van der Waals surface area contributed by atoms with Crippen molar-refractivity contribution in [2.75, 3.05) is 19.6 Å². The average molecular weight is 487 g/mol. The first-order valence-electron chi connectivity index (χ1n) is 13.9. The zero-order valence-corrected chi connectivity index (χ0v) is 21.2. The van der Waals surface area contributed by atoms with Crippen molar-refractivity contribution in [3.05, 3.63) is 89.6 Å². The van der Waals surface area contributed by atoms with E-state index in [0.717, 1.165) is 67.7 Å². The molecule has 0 spiro atoms. The van der Waals surface area contributed by atoms with Gasteiger partial charge in [-0.3, -0.25) is 0 Å². The number of benzene rings is 2. The number of quaternary nitrogens is 1. The maximum atomic E-state index is 14.6. The summed E-state index contributed by atoms with van der Waals surface area (Å²) in [5.41, 5.74) is 0.595. The maximum absolute atomic E-state index is 14.6. The maximum Gasteiger partial charge on any atom is 0.188 e. The van der Waals surface area contributed by atoms with Crippen LogP contribution in [-0.4, -0.2) is 35.2 Å². The molecular weight excluding hydrogens is 448 g/mol. The number of aromatic nitrogens is 1. The summed E-state index contributed by atoms with van der Waals surface area (Å²) >= 11 is 0. The molecule has 2 atom stereocenters. The molecule has 7 rings (SSSR count). The van der Waals surface area contributed by atoms with Crippen LogP contribution in [0.1, 0.15) is 67.7 Å². The van der Waals surface area contributed by atoms with Crippen LogP contribution >= 0.6 is 0 Å². The lowest BCUT2D eigenvalue weighted by Gasteiger charge is -2.52. The van der Waals surface area contributed by atoms with Gasteiger partial charge in [0.1, 0.15) is 19.2 Å². The predicted octanol–water partition coefficient (Wildman–Crippen LogP) is 5.18. The first-order valence-corrected chi connectivity index (χ1v) is 13.9. The number of fused-ring (bicyclic) bond motifs is 3. The van der Waals surface area contributed by atoms with E-state index < -0.39 is 5.60 Å². The van der Waals surface area contributed by atoms with Crippen LogP contribution in [0.25, 0.3) is 0 Å². The number of oxazole rings is 1. The van der Waals surface area contributed by atoms with Crippen LogP contribution in [-0.2, 0) is 23.5 Å². The molecule has 3 saturated heterocycles. The Bertz CT molecular complexity index is 1120. The summed E-state index contributed by atoms with van der Waals surface area (Å²) in [6.45, 7) is 4.77. The fourth-order valence-electron chi connectivity index (χ4n) is 7.02. The van der Waals surface area contributed by atoms with E-state index >= 15 is 0 Å². The molecule has 1 aliphatic carbocycles. The third-order valence-electron chi connectivity index (χ3n) is 9.09. The molecule has 5 nitrogen and oxygen atoms in total. The first kappa shape index (κ1) is 23.9. The molecule has 1 aromatic heterocycles. The Hall–Kier alpha value is -2.47. The predicted molar refractivity (Wildman–Crippen MR) is 137 cm³/mol. The highest BCUT2D eigenvalue weighted by Gasteiger charge is 2.47. The molecule has 0 N–H and O–H groups in total. The van der Waals surface area contributed by atoms with Gasteiger partial charge in [-0.2, -0.15) is 0 Å².